The summed E-state index contributed by atoms with van der Waals surface area (Å²) in [5.41, 5.74) is 2.21. The minimum Gasteiger partial charge on any atom is -0.352 e. The number of carbonyl (C=O) groups excluding carboxylic acids is 2. The van der Waals surface area contributed by atoms with E-state index in [2.05, 4.69) is 33.4 Å². The summed E-state index contributed by atoms with van der Waals surface area (Å²) in [6.45, 7) is 2.29. The Balaban J connectivity index is 1.61. The lowest BCUT2D eigenvalue weighted by molar-refractivity contribution is -0.139. The summed E-state index contributed by atoms with van der Waals surface area (Å²) >= 11 is 5.03. The molecule has 1 aliphatic carbocycles. The van der Waals surface area contributed by atoms with E-state index >= 15 is 0 Å². The molecule has 0 aromatic heterocycles. The van der Waals surface area contributed by atoms with Crippen LogP contribution in [-0.2, 0) is 21.9 Å². The molecule has 2 amide bonds. The first-order valence-electron chi connectivity index (χ1n) is 11.0. The van der Waals surface area contributed by atoms with E-state index in [0.29, 0.717) is 12.3 Å². The number of carbonyl (C=O) groups is 2. The third kappa shape index (κ3) is 7.69. The summed E-state index contributed by atoms with van der Waals surface area (Å²) in [6.07, 6.45) is 5.65. The van der Waals surface area contributed by atoms with Crippen LogP contribution in [0.4, 0.5) is 0 Å². The number of rotatable bonds is 9. The number of thioether (sulfide) groups is 1. The molecule has 166 valence electrons. The highest BCUT2D eigenvalue weighted by atomic mass is 79.9. The Morgan fingerprint density at radius 1 is 1.03 bits per heavy atom. The molecule has 1 fully saturated rings. The van der Waals surface area contributed by atoms with Crippen molar-refractivity contribution >= 4 is 39.5 Å². The topological polar surface area (TPSA) is 49.4 Å². The zero-order valence-electron chi connectivity index (χ0n) is 18.1. The van der Waals surface area contributed by atoms with Crippen molar-refractivity contribution in [2.24, 2.45) is 0 Å². The Morgan fingerprint density at radius 2 is 1.71 bits per heavy atom. The molecule has 0 heterocycles. The maximum Gasteiger partial charge on any atom is 0.242 e. The summed E-state index contributed by atoms with van der Waals surface area (Å²) in [5.74, 6) is 1.07. The molecule has 6 heteroatoms. The van der Waals surface area contributed by atoms with Crippen LogP contribution in [-0.4, -0.2) is 34.6 Å². The molecule has 0 aliphatic heterocycles. The molecule has 3 rings (SSSR count). The molecular formula is C25H31BrN2O2S. The maximum atomic E-state index is 13.1. The zero-order chi connectivity index (χ0) is 22.1. The second-order valence-corrected chi connectivity index (χ2v) is 10.0. The van der Waals surface area contributed by atoms with Gasteiger partial charge in [-0.1, -0.05) is 77.7 Å². The van der Waals surface area contributed by atoms with Crippen molar-refractivity contribution in [1.82, 2.24) is 10.2 Å². The van der Waals surface area contributed by atoms with Crippen LogP contribution in [0.15, 0.2) is 59.1 Å². The van der Waals surface area contributed by atoms with Gasteiger partial charge in [-0.25, -0.2) is 0 Å². The van der Waals surface area contributed by atoms with E-state index in [1.165, 1.54) is 24.8 Å². The van der Waals surface area contributed by atoms with Crippen molar-refractivity contribution < 1.29 is 9.59 Å². The van der Waals surface area contributed by atoms with Gasteiger partial charge in [-0.15, -0.1) is 11.8 Å². The van der Waals surface area contributed by atoms with Crippen LogP contribution < -0.4 is 5.32 Å². The predicted octanol–water partition coefficient (Wildman–Crippen LogP) is 5.55. The number of nitrogens with zero attached hydrogens (tertiary/aromatic N) is 1. The van der Waals surface area contributed by atoms with Crippen molar-refractivity contribution in [1.29, 1.82) is 0 Å². The van der Waals surface area contributed by atoms with Gasteiger partial charge in [0, 0.05) is 22.8 Å². The molecule has 2 aromatic carbocycles. The Labute approximate surface area is 198 Å². The lowest BCUT2D eigenvalue weighted by Crippen LogP contribution is -2.50. The standard InChI is InChI=1S/C25H31BrN2O2S/c1-19(25(30)27-23-10-6-3-7-11-23)28(16-20-8-4-2-5-9-20)24(29)18-31-17-21-12-14-22(26)15-13-21/h2,4-5,8-9,12-15,19,23H,3,6-7,10-11,16-18H2,1H3,(H,27,30)/t19-/m1/s1. The number of hydrogen-bond donors (Lipinski definition) is 1. The van der Waals surface area contributed by atoms with Gasteiger partial charge >= 0.3 is 0 Å². The predicted molar refractivity (Wildman–Crippen MR) is 132 cm³/mol. The number of benzene rings is 2. The largest absolute Gasteiger partial charge is 0.352 e. The average molecular weight is 504 g/mol. The Bertz CT molecular complexity index is 838. The van der Waals surface area contributed by atoms with Gasteiger partial charge in [-0.2, -0.15) is 0 Å². The van der Waals surface area contributed by atoms with Crippen molar-refractivity contribution in [3.63, 3.8) is 0 Å². The van der Waals surface area contributed by atoms with Gasteiger partial charge in [-0.3, -0.25) is 9.59 Å². The van der Waals surface area contributed by atoms with Gasteiger partial charge in [0.1, 0.15) is 6.04 Å². The summed E-state index contributed by atoms with van der Waals surface area (Å²) in [4.78, 5) is 27.8. The van der Waals surface area contributed by atoms with Crippen molar-refractivity contribution in [3.05, 3.63) is 70.2 Å². The molecule has 4 nitrogen and oxygen atoms in total. The van der Waals surface area contributed by atoms with Gasteiger partial charge in [0.25, 0.3) is 0 Å². The van der Waals surface area contributed by atoms with Gasteiger partial charge in [0.05, 0.1) is 5.75 Å². The van der Waals surface area contributed by atoms with E-state index < -0.39 is 6.04 Å². The van der Waals surface area contributed by atoms with Crippen LogP contribution in [0, 0.1) is 0 Å². The van der Waals surface area contributed by atoms with Crippen LogP contribution >= 0.6 is 27.7 Å². The van der Waals surface area contributed by atoms with E-state index in [0.717, 1.165) is 28.6 Å². The number of amides is 2. The zero-order valence-corrected chi connectivity index (χ0v) is 20.5. The van der Waals surface area contributed by atoms with E-state index in [-0.39, 0.29) is 17.9 Å². The summed E-state index contributed by atoms with van der Waals surface area (Å²) < 4.78 is 1.05. The monoisotopic (exact) mass is 502 g/mol. The molecule has 2 aromatic rings. The lowest BCUT2D eigenvalue weighted by atomic mass is 9.95. The Kier molecular flexibility index (Phi) is 9.47. The number of halogens is 1. The SMILES string of the molecule is C[C@H](C(=O)NC1CCCCC1)N(Cc1ccccc1)C(=O)CSCc1ccc(Br)cc1. The van der Waals surface area contributed by atoms with E-state index in [1.54, 1.807) is 16.7 Å². The fourth-order valence-corrected chi connectivity index (χ4v) is 4.99. The minimum absolute atomic E-state index is 0.00254. The van der Waals surface area contributed by atoms with E-state index in [1.807, 2.05) is 49.4 Å². The second-order valence-electron chi connectivity index (χ2n) is 8.15. The molecule has 0 radical (unpaired) electrons. The van der Waals surface area contributed by atoms with Crippen LogP contribution in [0.3, 0.4) is 0 Å². The molecule has 1 aliphatic rings. The Hall–Kier alpha value is -1.79. The van der Waals surface area contributed by atoms with Crippen LogP contribution in [0.2, 0.25) is 0 Å². The van der Waals surface area contributed by atoms with Crippen molar-refractivity contribution in [2.75, 3.05) is 5.75 Å². The first kappa shape index (κ1) is 23.9. The molecule has 1 N–H and O–H groups in total. The molecule has 0 spiro atoms. The van der Waals surface area contributed by atoms with Gasteiger partial charge in [-0.05, 0) is 43.0 Å². The molecular weight excluding hydrogens is 472 g/mol. The van der Waals surface area contributed by atoms with E-state index in [4.69, 9.17) is 0 Å². The smallest absolute Gasteiger partial charge is 0.242 e. The molecule has 1 saturated carbocycles. The summed E-state index contributed by atoms with van der Waals surface area (Å²) in [7, 11) is 0. The quantitative estimate of drug-likeness (QED) is 0.488. The third-order valence-electron chi connectivity index (χ3n) is 5.72. The van der Waals surface area contributed by atoms with Crippen LogP contribution in [0.25, 0.3) is 0 Å². The first-order chi connectivity index (χ1) is 15.0. The number of nitrogens with one attached hydrogen (secondary N) is 1. The average Bonchev–Trinajstić information content (AvgIpc) is 2.79. The molecule has 31 heavy (non-hydrogen) atoms. The van der Waals surface area contributed by atoms with Crippen molar-refractivity contribution in [3.8, 4) is 0 Å². The van der Waals surface area contributed by atoms with Crippen molar-refractivity contribution in [2.45, 2.75) is 63.4 Å². The van der Waals surface area contributed by atoms with Gasteiger partial charge in [0.15, 0.2) is 0 Å². The Morgan fingerprint density at radius 3 is 2.39 bits per heavy atom. The number of hydrogen-bond acceptors (Lipinski definition) is 3. The highest BCUT2D eigenvalue weighted by molar-refractivity contribution is 9.10. The van der Waals surface area contributed by atoms with Gasteiger partial charge in [0.2, 0.25) is 11.8 Å². The van der Waals surface area contributed by atoms with Gasteiger partial charge < -0.3 is 10.2 Å². The second kappa shape index (κ2) is 12.3. The van der Waals surface area contributed by atoms with Crippen LogP contribution in [0.5, 0.6) is 0 Å². The molecule has 0 unspecified atom stereocenters. The summed E-state index contributed by atoms with van der Waals surface area (Å²) in [5, 5.41) is 3.18. The summed E-state index contributed by atoms with van der Waals surface area (Å²) in [6, 6.07) is 17.8. The highest BCUT2D eigenvalue weighted by Crippen LogP contribution is 2.20. The van der Waals surface area contributed by atoms with E-state index in [9.17, 15) is 9.59 Å². The highest BCUT2D eigenvalue weighted by Gasteiger charge is 2.27. The lowest BCUT2D eigenvalue weighted by Gasteiger charge is -2.31. The first-order valence-corrected chi connectivity index (χ1v) is 12.9. The maximum absolute atomic E-state index is 13.1. The third-order valence-corrected chi connectivity index (χ3v) is 7.24. The molecule has 0 bridgehead atoms. The minimum atomic E-state index is -0.497. The van der Waals surface area contributed by atoms with Crippen LogP contribution in [0.1, 0.15) is 50.2 Å². The molecule has 0 saturated heterocycles. The molecule has 1 atom stereocenters. The fraction of sp³-hybridized carbons (Fsp3) is 0.440. The normalized spacial score (nSPS) is 15.3. The fourth-order valence-electron chi connectivity index (χ4n) is 3.85.